The van der Waals surface area contributed by atoms with Gasteiger partial charge in [-0.05, 0) is 62.0 Å². The number of hydrogen-bond acceptors (Lipinski definition) is 7. The number of benzene rings is 2. The minimum Gasteiger partial charge on any atom is -0.488 e. The van der Waals surface area contributed by atoms with Crippen LogP contribution in [0.1, 0.15) is 34.1 Å². The molecule has 1 fully saturated rings. The number of likely N-dealkylation sites (tertiary alicyclic amines) is 1. The van der Waals surface area contributed by atoms with Gasteiger partial charge in [0.1, 0.15) is 29.2 Å². The van der Waals surface area contributed by atoms with Gasteiger partial charge >= 0.3 is 6.61 Å². The Balaban J connectivity index is 1.81. The Morgan fingerprint density at radius 2 is 1.78 bits per heavy atom. The fourth-order valence-corrected chi connectivity index (χ4v) is 3.33. The van der Waals surface area contributed by atoms with Gasteiger partial charge in [-0.15, -0.1) is 0 Å². The molecule has 198 valence electrons. The van der Waals surface area contributed by atoms with Crippen molar-refractivity contribution < 1.29 is 32.6 Å². The zero-order valence-corrected chi connectivity index (χ0v) is 20.9. The Morgan fingerprint density at radius 1 is 1.08 bits per heavy atom. The fraction of sp³-hybridized carbons (Fsp3) is 0.346. The first kappa shape index (κ1) is 27.6. The van der Waals surface area contributed by atoms with Crippen LogP contribution >= 0.6 is 0 Å². The van der Waals surface area contributed by atoms with E-state index in [1.807, 2.05) is 0 Å². The van der Waals surface area contributed by atoms with Gasteiger partial charge in [0, 0.05) is 44.4 Å². The van der Waals surface area contributed by atoms with Gasteiger partial charge in [0.15, 0.2) is 0 Å². The number of nitrogens with zero attached hydrogens (tertiary/aromatic N) is 2. The molecule has 2 amide bonds. The average Bonchev–Trinajstić information content (AvgIpc) is 2.84. The molecule has 1 aliphatic rings. The Hall–Kier alpha value is -3.99. The number of halogens is 2. The summed E-state index contributed by atoms with van der Waals surface area (Å²) in [6.45, 7) is -0.197. The van der Waals surface area contributed by atoms with Crippen molar-refractivity contribution in [1.29, 1.82) is 0 Å². The normalized spacial score (nSPS) is 14.3. The Kier molecular flexibility index (Phi) is 9.96. The van der Waals surface area contributed by atoms with E-state index in [0.717, 1.165) is 19.5 Å². The molecule has 1 heterocycles. The van der Waals surface area contributed by atoms with Crippen molar-refractivity contribution in [1.82, 2.24) is 15.5 Å². The molecule has 2 aromatic carbocycles. The lowest BCUT2D eigenvalue weighted by Crippen LogP contribution is -2.41. The summed E-state index contributed by atoms with van der Waals surface area (Å²) in [5.41, 5.74) is 0.746. The van der Waals surface area contributed by atoms with Crippen molar-refractivity contribution in [2.24, 2.45) is 4.99 Å². The van der Waals surface area contributed by atoms with E-state index in [9.17, 15) is 18.4 Å². The smallest absolute Gasteiger partial charge is 0.345 e. The minimum atomic E-state index is -2.92. The first-order chi connectivity index (χ1) is 17.8. The van der Waals surface area contributed by atoms with Crippen LogP contribution in [0.3, 0.4) is 0 Å². The molecule has 0 saturated carbocycles. The van der Waals surface area contributed by atoms with E-state index < -0.39 is 18.6 Å². The number of alkyl halides is 2. The van der Waals surface area contributed by atoms with Crippen LogP contribution in [-0.4, -0.2) is 69.1 Å². The molecule has 3 rings (SSSR count). The third kappa shape index (κ3) is 8.28. The number of hydrogen-bond donors (Lipinski definition) is 2. The minimum absolute atomic E-state index is 0.0344. The van der Waals surface area contributed by atoms with E-state index in [4.69, 9.17) is 9.47 Å². The molecule has 9 nitrogen and oxygen atoms in total. The van der Waals surface area contributed by atoms with Gasteiger partial charge in [0.2, 0.25) is 0 Å². The maximum absolute atomic E-state index is 12.9. The number of amidine groups is 1. The molecular weight excluding hydrogens is 486 g/mol. The van der Waals surface area contributed by atoms with Crippen LogP contribution in [0, 0.1) is 0 Å². The largest absolute Gasteiger partial charge is 0.488 e. The third-order valence-electron chi connectivity index (χ3n) is 5.31. The molecule has 2 N–H and O–H groups in total. The summed E-state index contributed by atoms with van der Waals surface area (Å²) in [5, 5.41) is 5.49. The predicted octanol–water partition coefficient (Wildman–Crippen LogP) is 3.82. The molecule has 11 heteroatoms. The van der Waals surface area contributed by atoms with Crippen LogP contribution in [0.2, 0.25) is 0 Å². The fourth-order valence-electron chi connectivity index (χ4n) is 3.33. The third-order valence-corrected chi connectivity index (χ3v) is 5.31. The summed E-state index contributed by atoms with van der Waals surface area (Å²) >= 11 is 0. The molecule has 1 aliphatic heterocycles. The van der Waals surface area contributed by atoms with Gasteiger partial charge in [0.05, 0.1) is 6.61 Å². The number of rotatable bonds is 11. The van der Waals surface area contributed by atoms with Crippen molar-refractivity contribution in [3.05, 3.63) is 65.9 Å². The molecule has 1 saturated heterocycles. The van der Waals surface area contributed by atoms with Gasteiger partial charge in [-0.1, -0.05) is 0 Å². The van der Waals surface area contributed by atoms with E-state index in [1.54, 1.807) is 55.4 Å². The summed E-state index contributed by atoms with van der Waals surface area (Å²) in [6.07, 6.45) is 3.48. The molecule has 37 heavy (non-hydrogen) atoms. The maximum Gasteiger partial charge on any atom is 0.345 e. The summed E-state index contributed by atoms with van der Waals surface area (Å²) in [7, 11) is 3.24. The lowest BCUT2D eigenvalue weighted by molar-refractivity contribution is -0.142. The quantitative estimate of drug-likeness (QED) is 0.348. The highest BCUT2D eigenvalue weighted by atomic mass is 19.3. The van der Waals surface area contributed by atoms with Crippen LogP contribution in [-0.2, 0) is 4.74 Å². The zero-order valence-electron chi connectivity index (χ0n) is 20.9. The van der Waals surface area contributed by atoms with Crippen LogP contribution in [0.4, 0.5) is 8.78 Å². The summed E-state index contributed by atoms with van der Waals surface area (Å²) < 4.78 is 40.8. The number of ether oxygens (including phenoxy) is 3. The Bertz CT molecular complexity index is 1130. The molecule has 0 aliphatic carbocycles. The average molecular weight is 517 g/mol. The monoisotopic (exact) mass is 516 g/mol. The highest BCUT2D eigenvalue weighted by Crippen LogP contribution is 2.29. The van der Waals surface area contributed by atoms with Crippen LogP contribution in [0.25, 0.3) is 0 Å². The topological polar surface area (TPSA) is 101 Å². The van der Waals surface area contributed by atoms with Crippen molar-refractivity contribution in [3.63, 3.8) is 0 Å². The number of carbonyl (C=O) groups excluding carboxylic acids is 2. The Labute approximate surface area is 214 Å². The van der Waals surface area contributed by atoms with E-state index >= 15 is 0 Å². The summed E-state index contributed by atoms with van der Waals surface area (Å²) in [5.74, 6) is 0.724. The number of carbonyl (C=O) groups is 2. The second kappa shape index (κ2) is 13.4. The summed E-state index contributed by atoms with van der Waals surface area (Å²) in [6, 6.07) is 11.2. The van der Waals surface area contributed by atoms with Crippen molar-refractivity contribution in [3.8, 4) is 17.2 Å². The number of amides is 2. The van der Waals surface area contributed by atoms with Gasteiger partial charge in [0.25, 0.3) is 11.8 Å². The predicted molar refractivity (Wildman–Crippen MR) is 135 cm³/mol. The first-order valence-corrected chi connectivity index (χ1v) is 11.7. The standard InChI is InChI=1S/C26H30F2N4O5/c1-17(16-35-26(27)28)36-21-13-19(24(33)31-23(30-3)9-10-29-2)14-22(15-21)37-20-7-5-18(6-8-20)25(34)32-11-4-12-32/h5-10,13-15,17,26,29H,4,11-12,16H2,1-3H3,(H,30,31,33)/b10-9-/t17-/m0/s1. The van der Waals surface area contributed by atoms with E-state index in [2.05, 4.69) is 20.4 Å². The SMILES string of the molecule is C/N=C(\C=C/NC)NC(=O)c1cc(Oc2ccc(C(=O)N3CCC3)cc2)cc(O[C@@H](C)COC(F)F)c1. The maximum atomic E-state index is 12.9. The highest BCUT2D eigenvalue weighted by molar-refractivity contribution is 6.10. The lowest BCUT2D eigenvalue weighted by Gasteiger charge is -2.30. The molecule has 0 aromatic heterocycles. The van der Waals surface area contributed by atoms with Gasteiger partial charge in [-0.25, -0.2) is 0 Å². The van der Waals surface area contributed by atoms with Crippen molar-refractivity contribution in [2.75, 3.05) is 33.8 Å². The van der Waals surface area contributed by atoms with E-state index in [1.165, 1.54) is 25.2 Å². The molecule has 0 unspecified atom stereocenters. The van der Waals surface area contributed by atoms with Crippen LogP contribution in [0.5, 0.6) is 17.2 Å². The molecule has 0 radical (unpaired) electrons. The lowest BCUT2D eigenvalue weighted by atomic mass is 10.1. The Morgan fingerprint density at radius 3 is 2.38 bits per heavy atom. The van der Waals surface area contributed by atoms with Gasteiger partial charge in [-0.3, -0.25) is 14.6 Å². The van der Waals surface area contributed by atoms with Crippen LogP contribution < -0.4 is 20.1 Å². The van der Waals surface area contributed by atoms with Gasteiger partial charge < -0.3 is 29.7 Å². The van der Waals surface area contributed by atoms with E-state index in [0.29, 0.717) is 17.1 Å². The molecule has 0 bridgehead atoms. The second-order valence-electron chi connectivity index (χ2n) is 8.17. The molecule has 0 spiro atoms. The number of nitrogens with one attached hydrogen (secondary N) is 2. The van der Waals surface area contributed by atoms with Crippen molar-refractivity contribution >= 4 is 17.6 Å². The first-order valence-electron chi connectivity index (χ1n) is 11.7. The highest BCUT2D eigenvalue weighted by Gasteiger charge is 2.21. The van der Waals surface area contributed by atoms with Gasteiger partial charge in [-0.2, -0.15) is 8.78 Å². The molecule has 1 atom stereocenters. The zero-order chi connectivity index (χ0) is 26.8. The van der Waals surface area contributed by atoms with Crippen LogP contribution in [0.15, 0.2) is 59.7 Å². The molecular formula is C26H30F2N4O5. The number of aliphatic imine (C=N–C) groups is 1. The van der Waals surface area contributed by atoms with Crippen molar-refractivity contribution in [2.45, 2.75) is 26.1 Å². The molecule has 2 aromatic rings. The second-order valence-corrected chi connectivity index (χ2v) is 8.17. The summed E-state index contributed by atoms with van der Waals surface area (Å²) in [4.78, 5) is 31.1. The van der Waals surface area contributed by atoms with E-state index in [-0.39, 0.29) is 29.6 Å².